The number of ether oxygens (including phenoxy) is 2. The largest absolute Gasteiger partial charge is 0.496 e. The third-order valence-electron chi connectivity index (χ3n) is 4.91. The molecule has 1 fully saturated rings. The third kappa shape index (κ3) is 3.82. The first-order valence-electron chi connectivity index (χ1n) is 8.68. The van der Waals surface area contributed by atoms with Gasteiger partial charge in [-0.05, 0) is 25.2 Å². The summed E-state index contributed by atoms with van der Waals surface area (Å²) in [5.74, 6) is 0.482. The van der Waals surface area contributed by atoms with Crippen LogP contribution in [0.1, 0.15) is 12.0 Å². The molecule has 1 aliphatic rings. The van der Waals surface area contributed by atoms with Crippen molar-refractivity contribution in [2.75, 3.05) is 14.2 Å². The smallest absolute Gasteiger partial charge is 0.165 e. The van der Waals surface area contributed by atoms with Gasteiger partial charge in [0.2, 0.25) is 0 Å². The number of hydrogen-bond donors (Lipinski definition) is 2. The summed E-state index contributed by atoms with van der Waals surface area (Å²) in [5, 5.41) is 10.7. The van der Waals surface area contributed by atoms with E-state index in [2.05, 4.69) is 0 Å². The van der Waals surface area contributed by atoms with Crippen molar-refractivity contribution in [3.05, 3.63) is 59.9 Å². The van der Waals surface area contributed by atoms with Crippen LogP contribution in [0.15, 0.2) is 48.5 Å². The van der Waals surface area contributed by atoms with Crippen LogP contribution in [0.4, 0.5) is 4.39 Å². The fourth-order valence-corrected chi connectivity index (χ4v) is 3.64. The van der Waals surface area contributed by atoms with Crippen molar-refractivity contribution in [1.29, 1.82) is 0 Å². The molecule has 0 amide bonds. The molecule has 0 bridgehead atoms. The fraction of sp³-hybridized carbons (Fsp3) is 0.400. The van der Waals surface area contributed by atoms with Crippen molar-refractivity contribution in [2.45, 2.75) is 37.3 Å². The molecule has 1 aliphatic carbocycles. The van der Waals surface area contributed by atoms with Gasteiger partial charge in [-0.3, -0.25) is 4.90 Å². The maximum Gasteiger partial charge on any atom is 0.165 e. The van der Waals surface area contributed by atoms with Crippen LogP contribution < -0.4 is 15.2 Å². The van der Waals surface area contributed by atoms with Crippen LogP contribution in [0.2, 0.25) is 0 Å². The average Bonchev–Trinajstić information content (AvgIpc) is 2.91. The normalized spacial score (nSPS) is 25.5. The zero-order valence-corrected chi connectivity index (χ0v) is 15.0. The van der Waals surface area contributed by atoms with Crippen LogP contribution >= 0.6 is 0 Å². The highest BCUT2D eigenvalue weighted by atomic mass is 19.1. The van der Waals surface area contributed by atoms with E-state index in [-0.39, 0.29) is 17.8 Å². The zero-order chi connectivity index (χ0) is 18.7. The lowest BCUT2D eigenvalue weighted by Gasteiger charge is -2.31. The molecule has 0 unspecified atom stereocenters. The summed E-state index contributed by atoms with van der Waals surface area (Å²) in [6.45, 7) is 0.575. The lowest BCUT2D eigenvalue weighted by molar-refractivity contribution is 0.0122. The summed E-state index contributed by atoms with van der Waals surface area (Å²) in [6, 6.07) is 13.4. The zero-order valence-electron chi connectivity index (χ0n) is 15.0. The van der Waals surface area contributed by atoms with E-state index in [0.717, 1.165) is 11.3 Å². The Bertz CT molecular complexity index is 743. The number of nitrogens with two attached hydrogens (primary N) is 1. The number of aliphatic hydroxyl groups is 1. The van der Waals surface area contributed by atoms with Crippen LogP contribution in [0.5, 0.6) is 11.5 Å². The highest BCUT2D eigenvalue weighted by molar-refractivity contribution is 5.33. The molecule has 2 aromatic carbocycles. The van der Waals surface area contributed by atoms with Gasteiger partial charge in [-0.25, -0.2) is 4.39 Å². The number of para-hydroxylation sites is 2. The van der Waals surface area contributed by atoms with E-state index >= 15 is 0 Å². The summed E-state index contributed by atoms with van der Waals surface area (Å²) < 4.78 is 24.9. The number of rotatable bonds is 6. The first-order valence-corrected chi connectivity index (χ1v) is 8.68. The van der Waals surface area contributed by atoms with E-state index < -0.39 is 18.0 Å². The van der Waals surface area contributed by atoms with Crippen LogP contribution in [0, 0.1) is 5.82 Å². The van der Waals surface area contributed by atoms with Crippen LogP contribution in [0.3, 0.4) is 0 Å². The Kier molecular flexibility index (Phi) is 5.76. The Morgan fingerprint density at radius 2 is 1.81 bits per heavy atom. The number of nitrogens with zero attached hydrogens (tertiary/aromatic N) is 1. The van der Waals surface area contributed by atoms with Crippen molar-refractivity contribution < 1.29 is 19.0 Å². The van der Waals surface area contributed by atoms with Gasteiger partial charge in [-0.1, -0.05) is 30.3 Å². The van der Waals surface area contributed by atoms with E-state index in [0.29, 0.717) is 13.0 Å². The molecule has 5 nitrogen and oxygen atoms in total. The second-order valence-electron chi connectivity index (χ2n) is 6.69. The summed E-state index contributed by atoms with van der Waals surface area (Å²) in [6.07, 6.45) is -0.910. The maximum atomic E-state index is 13.8. The number of aliphatic hydroxyl groups excluding tert-OH is 1. The number of methoxy groups -OCH3 is 1. The van der Waals surface area contributed by atoms with Crippen molar-refractivity contribution >= 4 is 0 Å². The van der Waals surface area contributed by atoms with Crippen LogP contribution in [0.25, 0.3) is 0 Å². The van der Waals surface area contributed by atoms with Gasteiger partial charge in [0, 0.05) is 24.6 Å². The van der Waals surface area contributed by atoms with Gasteiger partial charge >= 0.3 is 0 Å². The van der Waals surface area contributed by atoms with Gasteiger partial charge in [0.1, 0.15) is 18.0 Å². The summed E-state index contributed by atoms with van der Waals surface area (Å²) in [4.78, 5) is 2.00. The molecule has 0 aliphatic heterocycles. The maximum absolute atomic E-state index is 13.8. The number of benzene rings is 2. The van der Waals surface area contributed by atoms with Gasteiger partial charge in [0.25, 0.3) is 0 Å². The molecular formula is C20H25FN2O3. The number of hydrogen-bond acceptors (Lipinski definition) is 5. The van der Waals surface area contributed by atoms with Crippen molar-refractivity contribution in [1.82, 2.24) is 4.90 Å². The highest BCUT2D eigenvalue weighted by Crippen LogP contribution is 2.30. The molecule has 140 valence electrons. The standard InChI is InChI=1S/C20H25FN2O3/c1-23(12-13-7-3-5-9-16(13)25-2)19-15(22)11-18(20(19)24)26-17-10-6-4-8-14(17)21/h3-10,15,18-20,24H,11-12,22H2,1-2H3/t15-,18-,19+,20+/m1/s1. The molecule has 26 heavy (non-hydrogen) atoms. The molecule has 2 aromatic rings. The quantitative estimate of drug-likeness (QED) is 0.826. The Hall–Kier alpha value is -2.15. The van der Waals surface area contributed by atoms with Crippen molar-refractivity contribution in [3.8, 4) is 11.5 Å². The highest BCUT2D eigenvalue weighted by Gasteiger charge is 2.44. The minimum atomic E-state index is -0.815. The lowest BCUT2D eigenvalue weighted by Crippen LogP contribution is -2.48. The van der Waals surface area contributed by atoms with Crippen LogP contribution in [-0.2, 0) is 6.54 Å². The Morgan fingerprint density at radius 1 is 1.15 bits per heavy atom. The molecule has 1 saturated carbocycles. The van der Waals surface area contributed by atoms with Gasteiger partial charge < -0.3 is 20.3 Å². The summed E-state index contributed by atoms with van der Waals surface area (Å²) >= 11 is 0. The molecule has 0 radical (unpaired) electrons. The first-order chi connectivity index (χ1) is 12.5. The SMILES string of the molecule is COc1ccccc1CN(C)[C@@H]1[C@@H](O)[C@H](Oc2ccccc2F)C[C@H]1N. The second-order valence-corrected chi connectivity index (χ2v) is 6.69. The molecule has 0 heterocycles. The predicted molar refractivity (Wildman–Crippen MR) is 97.7 cm³/mol. The molecule has 3 rings (SSSR count). The van der Waals surface area contributed by atoms with E-state index in [1.165, 1.54) is 6.07 Å². The van der Waals surface area contributed by atoms with E-state index in [1.807, 2.05) is 36.2 Å². The Morgan fingerprint density at radius 3 is 2.50 bits per heavy atom. The van der Waals surface area contributed by atoms with Gasteiger partial charge in [-0.15, -0.1) is 0 Å². The van der Waals surface area contributed by atoms with Crippen molar-refractivity contribution in [3.63, 3.8) is 0 Å². The van der Waals surface area contributed by atoms with E-state index in [9.17, 15) is 9.50 Å². The number of halogens is 1. The fourth-order valence-electron chi connectivity index (χ4n) is 3.64. The summed E-state index contributed by atoms with van der Waals surface area (Å²) in [5.41, 5.74) is 7.28. The summed E-state index contributed by atoms with van der Waals surface area (Å²) in [7, 11) is 3.54. The molecule has 0 aromatic heterocycles. The molecule has 6 heteroatoms. The Labute approximate surface area is 153 Å². The third-order valence-corrected chi connectivity index (χ3v) is 4.91. The molecule has 3 N–H and O–H groups in total. The van der Waals surface area contributed by atoms with E-state index in [4.69, 9.17) is 15.2 Å². The lowest BCUT2D eigenvalue weighted by atomic mass is 10.1. The molecule has 4 atom stereocenters. The second kappa shape index (κ2) is 8.03. The minimum absolute atomic E-state index is 0.136. The van der Waals surface area contributed by atoms with E-state index in [1.54, 1.807) is 25.3 Å². The Balaban J connectivity index is 1.71. The minimum Gasteiger partial charge on any atom is -0.496 e. The average molecular weight is 360 g/mol. The molecular weight excluding hydrogens is 335 g/mol. The monoisotopic (exact) mass is 360 g/mol. The van der Waals surface area contributed by atoms with Gasteiger partial charge in [0.15, 0.2) is 11.6 Å². The molecule has 0 saturated heterocycles. The van der Waals surface area contributed by atoms with Crippen LogP contribution in [-0.4, -0.2) is 48.5 Å². The number of likely N-dealkylation sites (N-methyl/N-ethyl adjacent to an activating group) is 1. The topological polar surface area (TPSA) is 68.0 Å². The van der Waals surface area contributed by atoms with Gasteiger partial charge in [-0.2, -0.15) is 0 Å². The molecule has 0 spiro atoms. The predicted octanol–water partition coefficient (Wildman–Crippen LogP) is 2.17. The van der Waals surface area contributed by atoms with Gasteiger partial charge in [0.05, 0.1) is 13.2 Å². The van der Waals surface area contributed by atoms with Crippen molar-refractivity contribution in [2.24, 2.45) is 5.73 Å². The first kappa shape index (κ1) is 18.6.